The smallest absolute Gasteiger partial charge is 0.144 e. The summed E-state index contributed by atoms with van der Waals surface area (Å²) in [6.07, 6.45) is 6.47. The minimum absolute atomic E-state index is 0.445. The molecule has 0 radical (unpaired) electrons. The van der Waals surface area contributed by atoms with Crippen LogP contribution in [0.25, 0.3) is 0 Å². The van der Waals surface area contributed by atoms with Crippen LogP contribution in [0.5, 0.6) is 5.75 Å². The molecule has 1 fully saturated rings. The summed E-state index contributed by atoms with van der Waals surface area (Å²) in [7, 11) is 0. The van der Waals surface area contributed by atoms with Gasteiger partial charge in [0.25, 0.3) is 0 Å². The topological polar surface area (TPSA) is 33.3 Å². The van der Waals surface area contributed by atoms with Crippen LogP contribution in [0.4, 0.5) is 11.4 Å². The molecule has 3 rings (SSSR count). The number of rotatable bonds is 3. The molecule has 0 amide bonds. The van der Waals surface area contributed by atoms with Gasteiger partial charge in [-0.25, -0.2) is 0 Å². The second-order valence-corrected chi connectivity index (χ2v) is 5.94. The summed E-state index contributed by atoms with van der Waals surface area (Å²) >= 11 is 0. The van der Waals surface area contributed by atoms with E-state index in [1.165, 1.54) is 31.4 Å². The number of benzene rings is 1. The highest BCUT2D eigenvalue weighted by Gasteiger charge is 2.35. The zero-order valence-corrected chi connectivity index (χ0v) is 11.8. The number of anilines is 2. The molecular weight excluding hydrogens is 236 g/mol. The molecule has 0 bridgehead atoms. The lowest BCUT2D eigenvalue weighted by molar-refractivity contribution is 0.318. The van der Waals surface area contributed by atoms with E-state index in [0.29, 0.717) is 5.41 Å². The molecule has 0 atom stereocenters. The highest BCUT2D eigenvalue weighted by atomic mass is 16.5. The van der Waals surface area contributed by atoms with Gasteiger partial charge in [0.15, 0.2) is 0 Å². The molecule has 2 N–H and O–H groups in total. The zero-order chi connectivity index (χ0) is 13.1. The number of hydrogen-bond acceptors (Lipinski definition) is 3. The third-order valence-corrected chi connectivity index (χ3v) is 4.45. The molecule has 1 aliphatic carbocycles. The zero-order valence-electron chi connectivity index (χ0n) is 11.8. The van der Waals surface area contributed by atoms with Gasteiger partial charge in [-0.1, -0.05) is 25.8 Å². The van der Waals surface area contributed by atoms with Crippen molar-refractivity contribution in [1.82, 2.24) is 0 Å². The summed E-state index contributed by atoms with van der Waals surface area (Å²) < 4.78 is 5.86. The largest absolute Gasteiger partial charge is 0.491 e. The lowest BCUT2D eigenvalue weighted by atomic mass is 9.86. The molecule has 1 aromatic rings. The van der Waals surface area contributed by atoms with E-state index in [2.05, 4.69) is 35.8 Å². The standard InChI is InChI=1S/C16H24N2O/c1-2-10-19-14-7-5-6-13-15(14)18-12-16(11-17-13)8-3-4-9-16/h5-7,17-18H,2-4,8-12H2,1H3. The van der Waals surface area contributed by atoms with Gasteiger partial charge in [0, 0.05) is 18.5 Å². The average Bonchev–Trinajstić information content (AvgIpc) is 2.82. The highest BCUT2D eigenvalue weighted by molar-refractivity contribution is 5.76. The van der Waals surface area contributed by atoms with Crippen molar-refractivity contribution in [2.24, 2.45) is 5.41 Å². The lowest BCUT2D eigenvalue weighted by Crippen LogP contribution is -2.31. The summed E-state index contributed by atoms with van der Waals surface area (Å²) in [5, 5.41) is 7.28. The molecular formula is C16H24N2O. The van der Waals surface area contributed by atoms with E-state index in [1.807, 2.05) is 0 Å². The Bertz CT molecular complexity index is 438. The summed E-state index contributed by atoms with van der Waals surface area (Å²) in [6, 6.07) is 6.29. The Morgan fingerprint density at radius 1 is 1.16 bits per heavy atom. The first-order valence-corrected chi connectivity index (χ1v) is 7.57. The Morgan fingerprint density at radius 3 is 2.74 bits per heavy atom. The fourth-order valence-electron chi connectivity index (χ4n) is 3.29. The summed E-state index contributed by atoms with van der Waals surface area (Å²) in [5.74, 6) is 0.988. The van der Waals surface area contributed by atoms with Crippen LogP contribution in [0.15, 0.2) is 18.2 Å². The summed E-state index contributed by atoms with van der Waals surface area (Å²) in [4.78, 5) is 0. The predicted octanol–water partition coefficient (Wildman–Crippen LogP) is 3.87. The molecule has 2 aliphatic rings. The first kappa shape index (κ1) is 12.6. The van der Waals surface area contributed by atoms with Crippen molar-refractivity contribution in [2.75, 3.05) is 30.3 Å². The minimum Gasteiger partial charge on any atom is -0.491 e. The molecule has 19 heavy (non-hydrogen) atoms. The SMILES string of the molecule is CCCOc1cccc2c1NCC1(CCCC1)CN2. The fourth-order valence-corrected chi connectivity index (χ4v) is 3.29. The van der Waals surface area contributed by atoms with E-state index < -0.39 is 0 Å². The van der Waals surface area contributed by atoms with Crippen molar-refractivity contribution in [3.63, 3.8) is 0 Å². The molecule has 3 nitrogen and oxygen atoms in total. The summed E-state index contributed by atoms with van der Waals surface area (Å²) in [5.41, 5.74) is 2.79. The molecule has 104 valence electrons. The van der Waals surface area contributed by atoms with Crippen molar-refractivity contribution in [3.8, 4) is 5.75 Å². The second kappa shape index (κ2) is 5.32. The van der Waals surface area contributed by atoms with Gasteiger partial charge < -0.3 is 15.4 Å². The maximum atomic E-state index is 5.86. The van der Waals surface area contributed by atoms with Crippen molar-refractivity contribution in [1.29, 1.82) is 0 Å². The molecule has 0 saturated heterocycles. The fraction of sp³-hybridized carbons (Fsp3) is 0.625. The Balaban J connectivity index is 1.81. The van der Waals surface area contributed by atoms with E-state index in [9.17, 15) is 0 Å². The van der Waals surface area contributed by atoms with Gasteiger partial charge >= 0.3 is 0 Å². The molecule has 0 unspecified atom stereocenters. The lowest BCUT2D eigenvalue weighted by Gasteiger charge is -2.27. The monoisotopic (exact) mass is 260 g/mol. The van der Waals surface area contributed by atoms with Crippen LogP contribution in [-0.2, 0) is 0 Å². The van der Waals surface area contributed by atoms with E-state index in [1.54, 1.807) is 0 Å². The van der Waals surface area contributed by atoms with E-state index >= 15 is 0 Å². The van der Waals surface area contributed by atoms with Crippen LogP contribution >= 0.6 is 0 Å². The van der Waals surface area contributed by atoms with Gasteiger partial charge in [-0.05, 0) is 31.4 Å². The minimum atomic E-state index is 0.445. The normalized spacial score (nSPS) is 20.3. The maximum Gasteiger partial charge on any atom is 0.144 e. The Labute approximate surface area is 115 Å². The Kier molecular flexibility index (Phi) is 3.54. The van der Waals surface area contributed by atoms with Crippen LogP contribution in [0.2, 0.25) is 0 Å². The number of fused-ring (bicyclic) bond motifs is 1. The van der Waals surface area contributed by atoms with E-state index in [0.717, 1.165) is 37.6 Å². The van der Waals surface area contributed by atoms with Crippen molar-refractivity contribution < 1.29 is 4.74 Å². The van der Waals surface area contributed by atoms with Crippen LogP contribution < -0.4 is 15.4 Å². The van der Waals surface area contributed by atoms with Gasteiger partial charge in [-0.3, -0.25) is 0 Å². The number of para-hydroxylation sites is 1. The third-order valence-electron chi connectivity index (χ3n) is 4.45. The van der Waals surface area contributed by atoms with Gasteiger partial charge in [0.2, 0.25) is 0 Å². The number of hydrogen-bond donors (Lipinski definition) is 2. The molecule has 1 saturated carbocycles. The van der Waals surface area contributed by atoms with Crippen molar-refractivity contribution >= 4 is 11.4 Å². The molecule has 1 heterocycles. The molecule has 0 aromatic heterocycles. The van der Waals surface area contributed by atoms with Gasteiger partial charge in [-0.15, -0.1) is 0 Å². The molecule has 3 heteroatoms. The van der Waals surface area contributed by atoms with E-state index in [4.69, 9.17) is 4.74 Å². The second-order valence-electron chi connectivity index (χ2n) is 5.94. The Morgan fingerprint density at radius 2 is 1.95 bits per heavy atom. The quantitative estimate of drug-likeness (QED) is 0.865. The van der Waals surface area contributed by atoms with Gasteiger partial charge in [0.05, 0.1) is 12.3 Å². The molecule has 1 aromatic carbocycles. The highest BCUT2D eigenvalue weighted by Crippen LogP contribution is 2.43. The first-order valence-electron chi connectivity index (χ1n) is 7.57. The predicted molar refractivity (Wildman–Crippen MR) is 80.1 cm³/mol. The Hall–Kier alpha value is -1.38. The average molecular weight is 260 g/mol. The van der Waals surface area contributed by atoms with Crippen LogP contribution in [0.1, 0.15) is 39.0 Å². The third kappa shape index (κ3) is 2.51. The maximum absolute atomic E-state index is 5.86. The van der Waals surface area contributed by atoms with Gasteiger partial charge in [0.1, 0.15) is 11.4 Å². The number of ether oxygens (including phenoxy) is 1. The summed E-state index contributed by atoms with van der Waals surface area (Å²) in [6.45, 7) is 5.08. The van der Waals surface area contributed by atoms with Crippen LogP contribution in [0, 0.1) is 5.41 Å². The first-order chi connectivity index (χ1) is 9.33. The van der Waals surface area contributed by atoms with Crippen LogP contribution in [-0.4, -0.2) is 19.7 Å². The van der Waals surface area contributed by atoms with Gasteiger partial charge in [-0.2, -0.15) is 0 Å². The molecule has 1 aliphatic heterocycles. The van der Waals surface area contributed by atoms with Crippen molar-refractivity contribution in [2.45, 2.75) is 39.0 Å². The van der Waals surface area contributed by atoms with E-state index in [-0.39, 0.29) is 0 Å². The number of nitrogens with one attached hydrogen (secondary N) is 2. The van der Waals surface area contributed by atoms with Crippen molar-refractivity contribution in [3.05, 3.63) is 18.2 Å². The van der Waals surface area contributed by atoms with Crippen LogP contribution in [0.3, 0.4) is 0 Å². The molecule has 1 spiro atoms.